The zero-order valence-electron chi connectivity index (χ0n) is 10.2. The van der Waals surface area contributed by atoms with Crippen molar-refractivity contribution in [2.45, 2.75) is 0 Å². The zero-order valence-corrected chi connectivity index (χ0v) is 11.7. The second kappa shape index (κ2) is 5.48. The minimum Gasteiger partial charge on any atom is -0.452 e. The molecule has 3 aromatic rings. The normalized spacial score (nSPS) is 10.4. The molecule has 0 amide bonds. The number of hydrogen-bond acceptors (Lipinski definition) is 4. The molecule has 0 saturated heterocycles. The Morgan fingerprint density at radius 3 is 2.80 bits per heavy atom. The van der Waals surface area contributed by atoms with Gasteiger partial charge in [0.2, 0.25) is 0 Å². The fraction of sp³-hybridized carbons (Fsp3) is 0. The van der Waals surface area contributed by atoms with E-state index in [9.17, 15) is 0 Å². The second-order valence-corrected chi connectivity index (χ2v) is 4.86. The molecule has 4 nitrogen and oxygen atoms in total. The van der Waals surface area contributed by atoms with E-state index in [1.54, 1.807) is 36.7 Å². The lowest BCUT2D eigenvalue weighted by Crippen LogP contribution is -2.25. The quantitative estimate of drug-likeness (QED) is 0.590. The monoisotopic (exact) mass is 304 g/mol. The summed E-state index contributed by atoms with van der Waals surface area (Å²) >= 11 is 11.0. The van der Waals surface area contributed by atoms with E-state index >= 15 is 0 Å². The molecule has 0 saturated carbocycles. The van der Waals surface area contributed by atoms with Crippen LogP contribution < -0.4 is 10.3 Å². The fourth-order valence-electron chi connectivity index (χ4n) is 1.65. The molecular formula is C14H9ClN2O2S. The second-order valence-electron chi connectivity index (χ2n) is 4.01. The van der Waals surface area contributed by atoms with Crippen molar-refractivity contribution >= 4 is 39.8 Å². The predicted octanol–water partition coefficient (Wildman–Crippen LogP) is 3.74. The molecule has 0 aliphatic rings. The number of aromatic nitrogens is 1. The van der Waals surface area contributed by atoms with Crippen LogP contribution in [0.1, 0.15) is 5.76 Å². The SMILES string of the molecule is S=C(NOc1ccc(Cl)cc1)c1cc2ccncc2o1. The summed E-state index contributed by atoms with van der Waals surface area (Å²) in [6, 6.07) is 10.6. The van der Waals surface area contributed by atoms with Crippen molar-refractivity contribution in [2.75, 3.05) is 0 Å². The van der Waals surface area contributed by atoms with Crippen LogP contribution in [0.25, 0.3) is 11.0 Å². The van der Waals surface area contributed by atoms with Gasteiger partial charge >= 0.3 is 0 Å². The standard InChI is InChI=1S/C14H9ClN2O2S/c15-10-1-3-11(4-2-10)19-17-14(20)12-7-9-5-6-16-8-13(9)18-12/h1-8H,(H,17,20). The van der Waals surface area contributed by atoms with E-state index in [1.807, 2.05) is 12.1 Å². The third-order valence-corrected chi connectivity index (χ3v) is 3.16. The molecule has 3 rings (SSSR count). The van der Waals surface area contributed by atoms with Gasteiger partial charge in [0.25, 0.3) is 0 Å². The summed E-state index contributed by atoms with van der Waals surface area (Å²) in [5.41, 5.74) is 3.35. The minimum atomic E-state index is 0.358. The third kappa shape index (κ3) is 2.74. The highest BCUT2D eigenvalue weighted by molar-refractivity contribution is 7.80. The summed E-state index contributed by atoms with van der Waals surface area (Å²) < 4.78 is 5.57. The molecule has 0 fully saturated rings. The predicted molar refractivity (Wildman–Crippen MR) is 80.9 cm³/mol. The number of rotatable bonds is 3. The first-order valence-electron chi connectivity index (χ1n) is 5.79. The number of fused-ring (bicyclic) bond motifs is 1. The first-order valence-corrected chi connectivity index (χ1v) is 6.57. The van der Waals surface area contributed by atoms with E-state index < -0.39 is 0 Å². The van der Waals surface area contributed by atoms with Gasteiger partial charge in [-0.3, -0.25) is 4.98 Å². The van der Waals surface area contributed by atoms with Crippen molar-refractivity contribution in [3.63, 3.8) is 0 Å². The van der Waals surface area contributed by atoms with Gasteiger partial charge in [0.15, 0.2) is 22.1 Å². The molecule has 0 unspecified atom stereocenters. The highest BCUT2D eigenvalue weighted by Gasteiger charge is 2.09. The van der Waals surface area contributed by atoms with Crippen molar-refractivity contribution < 1.29 is 9.25 Å². The Kier molecular flexibility index (Phi) is 3.54. The number of nitrogens with one attached hydrogen (secondary N) is 1. The summed E-state index contributed by atoms with van der Waals surface area (Å²) in [6.07, 6.45) is 3.34. The molecule has 0 atom stereocenters. The molecule has 20 heavy (non-hydrogen) atoms. The van der Waals surface area contributed by atoms with Gasteiger partial charge in [-0.1, -0.05) is 23.8 Å². The van der Waals surface area contributed by atoms with Gasteiger partial charge < -0.3 is 9.25 Å². The molecule has 0 aliphatic carbocycles. The Morgan fingerprint density at radius 2 is 2.05 bits per heavy atom. The number of halogens is 1. The van der Waals surface area contributed by atoms with Crippen LogP contribution in [0.5, 0.6) is 5.75 Å². The summed E-state index contributed by atoms with van der Waals surface area (Å²) in [5, 5.41) is 1.58. The molecule has 1 N–H and O–H groups in total. The van der Waals surface area contributed by atoms with Crippen LogP contribution in [0.15, 0.2) is 53.2 Å². The highest BCUT2D eigenvalue weighted by Crippen LogP contribution is 2.18. The topological polar surface area (TPSA) is 47.3 Å². The van der Waals surface area contributed by atoms with Crippen LogP contribution in [-0.2, 0) is 0 Å². The lowest BCUT2D eigenvalue weighted by molar-refractivity contribution is 0.263. The van der Waals surface area contributed by atoms with Crippen LogP contribution in [0.3, 0.4) is 0 Å². The zero-order chi connectivity index (χ0) is 13.9. The largest absolute Gasteiger partial charge is 0.452 e. The summed E-state index contributed by atoms with van der Waals surface area (Å²) in [5.74, 6) is 1.13. The van der Waals surface area contributed by atoms with Crippen molar-refractivity contribution in [1.29, 1.82) is 0 Å². The summed E-state index contributed by atoms with van der Waals surface area (Å²) in [4.78, 5) is 9.69. The number of benzene rings is 1. The number of thiocarbonyl (C=S) groups is 1. The molecule has 0 bridgehead atoms. The average Bonchev–Trinajstić information content (AvgIpc) is 2.90. The Bertz CT molecular complexity index is 722. The molecule has 100 valence electrons. The van der Waals surface area contributed by atoms with Crippen molar-refractivity contribution in [2.24, 2.45) is 0 Å². The Morgan fingerprint density at radius 1 is 1.25 bits per heavy atom. The maximum Gasteiger partial charge on any atom is 0.177 e. The lowest BCUT2D eigenvalue weighted by atomic mass is 10.3. The molecule has 0 aliphatic heterocycles. The summed E-state index contributed by atoms with van der Waals surface area (Å²) in [6.45, 7) is 0. The Balaban J connectivity index is 1.71. The molecule has 2 heterocycles. The number of pyridine rings is 1. The van der Waals surface area contributed by atoms with Gasteiger partial charge in [0.1, 0.15) is 0 Å². The van der Waals surface area contributed by atoms with Gasteiger partial charge in [0, 0.05) is 16.6 Å². The number of hydroxylamine groups is 1. The Hall–Kier alpha value is -2.11. The smallest absolute Gasteiger partial charge is 0.177 e. The van der Waals surface area contributed by atoms with Gasteiger partial charge in [0.05, 0.1) is 6.20 Å². The van der Waals surface area contributed by atoms with E-state index in [-0.39, 0.29) is 0 Å². The number of furan rings is 1. The van der Waals surface area contributed by atoms with Gasteiger partial charge in [-0.25, -0.2) is 5.48 Å². The van der Waals surface area contributed by atoms with Crippen molar-refractivity contribution in [3.8, 4) is 5.75 Å². The third-order valence-electron chi connectivity index (χ3n) is 2.62. The van der Waals surface area contributed by atoms with Crippen LogP contribution in [-0.4, -0.2) is 9.97 Å². The first-order chi connectivity index (χ1) is 9.72. The van der Waals surface area contributed by atoms with Gasteiger partial charge in [-0.2, -0.15) is 0 Å². The van der Waals surface area contributed by atoms with E-state index in [0.717, 1.165) is 5.39 Å². The van der Waals surface area contributed by atoms with Crippen LogP contribution in [0.2, 0.25) is 5.02 Å². The first kappa shape index (κ1) is 12.9. The molecular weight excluding hydrogens is 296 g/mol. The van der Waals surface area contributed by atoms with E-state index in [1.165, 1.54) is 0 Å². The van der Waals surface area contributed by atoms with Crippen LogP contribution in [0, 0.1) is 0 Å². The van der Waals surface area contributed by atoms with Crippen molar-refractivity contribution in [1.82, 2.24) is 10.5 Å². The summed E-state index contributed by atoms with van der Waals surface area (Å²) in [7, 11) is 0. The lowest BCUT2D eigenvalue weighted by Gasteiger charge is -2.07. The van der Waals surface area contributed by atoms with Crippen LogP contribution in [0.4, 0.5) is 0 Å². The molecule has 0 spiro atoms. The molecule has 6 heteroatoms. The number of hydrogen-bond donors (Lipinski definition) is 1. The van der Waals surface area contributed by atoms with Crippen molar-refractivity contribution in [3.05, 3.63) is 59.6 Å². The average molecular weight is 305 g/mol. The highest BCUT2D eigenvalue weighted by atomic mass is 35.5. The van der Waals surface area contributed by atoms with E-state index in [2.05, 4.69) is 10.5 Å². The molecule has 2 aromatic heterocycles. The van der Waals surface area contributed by atoms with Crippen LogP contribution >= 0.6 is 23.8 Å². The van der Waals surface area contributed by atoms with E-state index in [0.29, 0.717) is 27.1 Å². The maximum atomic E-state index is 5.79. The Labute approximate surface area is 125 Å². The minimum absolute atomic E-state index is 0.358. The molecule has 1 aromatic carbocycles. The van der Waals surface area contributed by atoms with E-state index in [4.69, 9.17) is 33.1 Å². The molecule has 0 radical (unpaired) electrons. The fourth-order valence-corrected chi connectivity index (χ4v) is 1.92. The van der Waals surface area contributed by atoms with Gasteiger partial charge in [-0.15, -0.1) is 0 Å². The number of nitrogens with zero attached hydrogens (tertiary/aromatic N) is 1. The van der Waals surface area contributed by atoms with Gasteiger partial charge in [-0.05, 0) is 36.4 Å². The maximum absolute atomic E-state index is 5.79.